The Balaban J connectivity index is 1.69. The molecule has 0 aromatic carbocycles. The lowest BCUT2D eigenvalue weighted by atomic mass is 9.81. The number of carboxylic acid groups (broad SMARTS) is 1. The Kier molecular flexibility index (Phi) is 5.88. The van der Waals surface area contributed by atoms with Gasteiger partial charge >= 0.3 is 12.1 Å². The monoisotopic (exact) mass is 402 g/mol. The molecule has 0 spiro atoms. The van der Waals surface area contributed by atoms with Crippen LogP contribution in [0.3, 0.4) is 0 Å². The fraction of sp³-hybridized carbons (Fsp3) is 0.500. The molecule has 2 fully saturated rings. The highest BCUT2D eigenvalue weighted by molar-refractivity contribution is 6.08. The van der Waals surface area contributed by atoms with Crippen molar-refractivity contribution < 1.29 is 24.2 Å². The summed E-state index contributed by atoms with van der Waals surface area (Å²) in [5.41, 5.74) is 0.298. The van der Waals surface area contributed by atoms with E-state index in [0.717, 1.165) is 0 Å². The fourth-order valence-corrected chi connectivity index (χ4v) is 3.91. The van der Waals surface area contributed by atoms with E-state index in [0.29, 0.717) is 30.8 Å². The van der Waals surface area contributed by atoms with Gasteiger partial charge in [-0.1, -0.05) is 13.0 Å². The van der Waals surface area contributed by atoms with Crippen LogP contribution in [0.15, 0.2) is 30.0 Å². The van der Waals surface area contributed by atoms with Crippen LogP contribution in [-0.2, 0) is 14.3 Å². The maximum atomic E-state index is 12.6. The molecule has 0 aliphatic carbocycles. The Morgan fingerprint density at radius 2 is 2.21 bits per heavy atom. The topological polar surface area (TPSA) is 112 Å². The molecule has 2 saturated heterocycles. The number of β-lactam (4-membered cyclic amide) rings is 1. The van der Waals surface area contributed by atoms with Crippen LogP contribution in [0.1, 0.15) is 19.0 Å². The van der Waals surface area contributed by atoms with Crippen molar-refractivity contribution in [1.82, 2.24) is 20.1 Å². The number of aromatic nitrogens is 1. The van der Waals surface area contributed by atoms with E-state index >= 15 is 0 Å². The first-order chi connectivity index (χ1) is 13.7. The van der Waals surface area contributed by atoms with Crippen LogP contribution >= 0.6 is 0 Å². The molecular formula is C20H26N4O5. The van der Waals surface area contributed by atoms with E-state index in [9.17, 15) is 19.5 Å². The highest BCUT2D eigenvalue weighted by Crippen LogP contribution is 2.49. The number of carboxylic acids is 1. The lowest BCUT2D eigenvalue weighted by molar-refractivity contribution is -0.155. The maximum absolute atomic E-state index is 12.6. The van der Waals surface area contributed by atoms with Crippen LogP contribution in [0.5, 0.6) is 0 Å². The third-order valence-electron chi connectivity index (χ3n) is 5.36. The molecule has 0 saturated carbocycles. The standard InChI is InChI=1S/C20H26N4O5/c1-20(12-29-19(28)22-8-9-23(2)3)11-15-14(10-13-6-4-5-7-21-13)17(25)24(15)16(20)18(26)27/h4-7,10,15-16H,8-9,11-12H2,1-3H3,(H,22,28)(H,26,27)/b14-10+/t15?,16-,20-/m0/s1. The molecule has 1 aromatic rings. The van der Waals surface area contributed by atoms with Crippen LogP contribution in [-0.4, -0.2) is 83.7 Å². The second-order valence-electron chi connectivity index (χ2n) is 7.99. The molecule has 9 nitrogen and oxygen atoms in total. The van der Waals surface area contributed by atoms with E-state index in [4.69, 9.17) is 4.74 Å². The Labute approximate surface area is 169 Å². The SMILES string of the molecule is CN(C)CCNC(=O)OC[C@]1(C)CC2/C(=C\c3ccccn3)C(=O)N2[C@H]1C(=O)O. The summed E-state index contributed by atoms with van der Waals surface area (Å²) in [6, 6.07) is 4.02. The van der Waals surface area contributed by atoms with Crippen molar-refractivity contribution in [2.24, 2.45) is 5.41 Å². The van der Waals surface area contributed by atoms with Crippen molar-refractivity contribution in [3.05, 3.63) is 35.7 Å². The minimum atomic E-state index is -1.10. The molecule has 3 rings (SSSR count). The number of carbonyl (C=O) groups is 3. The summed E-state index contributed by atoms with van der Waals surface area (Å²) in [6.45, 7) is 2.74. The average Bonchev–Trinajstić information content (AvgIpc) is 2.95. The van der Waals surface area contributed by atoms with Gasteiger partial charge in [0.15, 0.2) is 0 Å². The van der Waals surface area contributed by atoms with Crippen LogP contribution in [0.25, 0.3) is 6.08 Å². The molecule has 0 bridgehead atoms. The summed E-state index contributed by atoms with van der Waals surface area (Å²) in [4.78, 5) is 44.0. The molecular weight excluding hydrogens is 376 g/mol. The molecule has 29 heavy (non-hydrogen) atoms. The molecule has 1 unspecified atom stereocenters. The van der Waals surface area contributed by atoms with Gasteiger partial charge in [-0.15, -0.1) is 0 Å². The second-order valence-corrected chi connectivity index (χ2v) is 7.99. The van der Waals surface area contributed by atoms with Gasteiger partial charge < -0.3 is 25.0 Å². The largest absolute Gasteiger partial charge is 0.480 e. The van der Waals surface area contributed by atoms with E-state index in [2.05, 4.69) is 10.3 Å². The third-order valence-corrected chi connectivity index (χ3v) is 5.36. The number of fused-ring (bicyclic) bond motifs is 1. The first-order valence-corrected chi connectivity index (χ1v) is 9.46. The van der Waals surface area contributed by atoms with Crippen molar-refractivity contribution in [3.63, 3.8) is 0 Å². The van der Waals surface area contributed by atoms with Crippen molar-refractivity contribution in [1.29, 1.82) is 0 Å². The lowest BCUT2D eigenvalue weighted by Gasteiger charge is -2.40. The van der Waals surface area contributed by atoms with Gasteiger partial charge in [0.1, 0.15) is 12.6 Å². The first-order valence-electron chi connectivity index (χ1n) is 9.46. The molecule has 1 aromatic heterocycles. The number of carbonyl (C=O) groups excluding carboxylic acids is 2. The summed E-state index contributed by atoms with van der Waals surface area (Å²) in [6.07, 6.45) is 3.14. The van der Waals surface area contributed by atoms with Crippen molar-refractivity contribution in [2.75, 3.05) is 33.8 Å². The number of hydrogen-bond donors (Lipinski definition) is 2. The van der Waals surface area contributed by atoms with Gasteiger partial charge in [-0.05, 0) is 38.7 Å². The van der Waals surface area contributed by atoms with E-state index in [-0.39, 0.29) is 18.6 Å². The number of amides is 2. The van der Waals surface area contributed by atoms with E-state index < -0.39 is 23.5 Å². The first kappa shape index (κ1) is 20.8. The molecule has 2 aliphatic heterocycles. The lowest BCUT2D eigenvalue weighted by Crippen LogP contribution is -2.58. The number of rotatable bonds is 7. The van der Waals surface area contributed by atoms with E-state index in [1.165, 1.54) is 4.90 Å². The fourth-order valence-electron chi connectivity index (χ4n) is 3.91. The van der Waals surface area contributed by atoms with Crippen molar-refractivity contribution in [3.8, 4) is 0 Å². The summed E-state index contributed by atoms with van der Waals surface area (Å²) >= 11 is 0. The summed E-state index contributed by atoms with van der Waals surface area (Å²) < 4.78 is 5.30. The zero-order chi connectivity index (χ0) is 21.2. The average molecular weight is 402 g/mol. The predicted octanol–water partition coefficient (Wildman–Crippen LogP) is 0.827. The minimum absolute atomic E-state index is 0.0884. The number of likely N-dealkylation sites (N-methyl/N-ethyl adjacent to an activating group) is 1. The molecule has 0 radical (unpaired) electrons. The third kappa shape index (κ3) is 4.24. The number of ether oxygens (including phenoxy) is 1. The Morgan fingerprint density at radius 1 is 1.45 bits per heavy atom. The second kappa shape index (κ2) is 8.20. The normalized spacial score (nSPS) is 27.0. The molecule has 2 aliphatic rings. The Morgan fingerprint density at radius 3 is 2.83 bits per heavy atom. The van der Waals surface area contributed by atoms with Gasteiger partial charge in [0.2, 0.25) is 0 Å². The molecule has 2 N–H and O–H groups in total. The number of hydrogen-bond acceptors (Lipinski definition) is 6. The molecule has 9 heteroatoms. The maximum Gasteiger partial charge on any atom is 0.407 e. The van der Waals surface area contributed by atoms with Crippen LogP contribution < -0.4 is 5.32 Å². The molecule has 3 atom stereocenters. The van der Waals surface area contributed by atoms with E-state index in [1.807, 2.05) is 25.1 Å². The smallest absolute Gasteiger partial charge is 0.407 e. The van der Waals surface area contributed by atoms with Gasteiger partial charge in [0.25, 0.3) is 5.91 Å². The number of pyridine rings is 1. The summed E-state index contributed by atoms with van der Waals surface area (Å²) in [7, 11) is 3.78. The zero-order valence-corrected chi connectivity index (χ0v) is 16.8. The summed E-state index contributed by atoms with van der Waals surface area (Å²) in [5, 5.41) is 12.4. The van der Waals surface area contributed by atoms with Gasteiger partial charge in [0, 0.05) is 30.3 Å². The predicted molar refractivity (Wildman–Crippen MR) is 105 cm³/mol. The van der Waals surface area contributed by atoms with Crippen LogP contribution in [0, 0.1) is 5.41 Å². The number of alkyl carbamates (subject to hydrolysis) is 1. The van der Waals surface area contributed by atoms with Crippen molar-refractivity contribution >= 4 is 24.0 Å². The van der Waals surface area contributed by atoms with Gasteiger partial charge in [0.05, 0.1) is 11.7 Å². The van der Waals surface area contributed by atoms with Crippen molar-refractivity contribution in [2.45, 2.75) is 25.4 Å². The Bertz CT molecular complexity index is 825. The molecule has 2 amide bonds. The van der Waals surface area contributed by atoms with Crippen LogP contribution in [0.2, 0.25) is 0 Å². The quantitative estimate of drug-likeness (QED) is 0.513. The number of aliphatic carboxylic acids is 1. The number of nitrogens with zero attached hydrogens (tertiary/aromatic N) is 3. The number of nitrogens with one attached hydrogen (secondary N) is 1. The highest BCUT2D eigenvalue weighted by Gasteiger charge is 2.62. The Hall–Kier alpha value is -2.94. The minimum Gasteiger partial charge on any atom is -0.480 e. The molecule has 3 heterocycles. The highest BCUT2D eigenvalue weighted by atomic mass is 16.5. The van der Waals surface area contributed by atoms with Gasteiger partial charge in [-0.25, -0.2) is 9.59 Å². The van der Waals surface area contributed by atoms with E-state index in [1.54, 1.807) is 31.3 Å². The van der Waals surface area contributed by atoms with Crippen LogP contribution in [0.4, 0.5) is 4.79 Å². The molecule has 156 valence electrons. The zero-order valence-electron chi connectivity index (χ0n) is 16.8. The summed E-state index contributed by atoms with van der Waals surface area (Å²) in [5.74, 6) is -1.41. The van der Waals surface area contributed by atoms with Gasteiger partial charge in [-0.2, -0.15) is 0 Å². The van der Waals surface area contributed by atoms with Gasteiger partial charge in [-0.3, -0.25) is 9.78 Å².